The molecule has 1 aliphatic rings. The van der Waals surface area contributed by atoms with Gasteiger partial charge in [-0.05, 0) is 18.2 Å². The standard InChI is InChI=1S/C18H21N3O2.HI/c19-18(21-10-12-22-13-11-21)20-14-15-6-4-5-9-17(15)23-16-7-2-1-3-8-16;/h1-9H,10-14H2,(H2,19,20);1H. The summed E-state index contributed by atoms with van der Waals surface area (Å²) >= 11 is 0. The van der Waals surface area contributed by atoms with Crippen LogP contribution in [0.2, 0.25) is 0 Å². The molecule has 6 heteroatoms. The highest BCUT2D eigenvalue weighted by Gasteiger charge is 2.12. The Labute approximate surface area is 159 Å². The molecular formula is C18H22IN3O2. The van der Waals surface area contributed by atoms with Crippen LogP contribution in [-0.4, -0.2) is 37.2 Å². The molecule has 3 rings (SSSR count). The third-order valence-electron chi connectivity index (χ3n) is 3.69. The molecule has 0 atom stereocenters. The minimum atomic E-state index is 0. The lowest BCUT2D eigenvalue weighted by atomic mass is 10.2. The molecule has 0 radical (unpaired) electrons. The van der Waals surface area contributed by atoms with Gasteiger partial charge in [-0.2, -0.15) is 0 Å². The van der Waals surface area contributed by atoms with Gasteiger partial charge in [0.1, 0.15) is 11.5 Å². The molecule has 1 saturated heterocycles. The van der Waals surface area contributed by atoms with E-state index in [1.165, 1.54) is 0 Å². The molecule has 0 aliphatic carbocycles. The van der Waals surface area contributed by atoms with Crippen LogP contribution in [-0.2, 0) is 11.3 Å². The average Bonchev–Trinajstić information content (AvgIpc) is 2.62. The molecule has 0 bridgehead atoms. The van der Waals surface area contributed by atoms with Gasteiger partial charge in [-0.25, -0.2) is 4.99 Å². The Morgan fingerprint density at radius 3 is 2.46 bits per heavy atom. The van der Waals surface area contributed by atoms with Crippen LogP contribution >= 0.6 is 24.0 Å². The van der Waals surface area contributed by atoms with Crippen molar-refractivity contribution in [3.05, 3.63) is 60.2 Å². The van der Waals surface area contributed by atoms with Crippen molar-refractivity contribution in [1.29, 1.82) is 0 Å². The fourth-order valence-corrected chi connectivity index (χ4v) is 2.41. The first-order chi connectivity index (χ1) is 11.3. The zero-order valence-corrected chi connectivity index (χ0v) is 15.8. The molecule has 128 valence electrons. The van der Waals surface area contributed by atoms with Gasteiger partial charge in [0.15, 0.2) is 5.96 Å². The van der Waals surface area contributed by atoms with Gasteiger partial charge in [0.05, 0.1) is 19.8 Å². The van der Waals surface area contributed by atoms with Crippen LogP contribution in [0.15, 0.2) is 59.6 Å². The maximum absolute atomic E-state index is 6.08. The van der Waals surface area contributed by atoms with E-state index in [4.69, 9.17) is 15.2 Å². The van der Waals surface area contributed by atoms with Gasteiger partial charge in [0.25, 0.3) is 0 Å². The average molecular weight is 439 g/mol. The van der Waals surface area contributed by atoms with E-state index in [2.05, 4.69) is 4.99 Å². The quantitative estimate of drug-likeness (QED) is 0.452. The highest BCUT2D eigenvalue weighted by Crippen LogP contribution is 2.25. The van der Waals surface area contributed by atoms with Crippen molar-refractivity contribution in [3.8, 4) is 11.5 Å². The lowest BCUT2D eigenvalue weighted by molar-refractivity contribution is 0.0674. The molecular weight excluding hydrogens is 417 g/mol. The molecule has 0 unspecified atom stereocenters. The second-order valence-corrected chi connectivity index (χ2v) is 5.30. The topological polar surface area (TPSA) is 60.1 Å². The molecule has 24 heavy (non-hydrogen) atoms. The monoisotopic (exact) mass is 439 g/mol. The third kappa shape index (κ3) is 5.10. The molecule has 1 aliphatic heterocycles. The summed E-state index contributed by atoms with van der Waals surface area (Å²) in [4.78, 5) is 6.55. The van der Waals surface area contributed by atoms with E-state index in [1.54, 1.807) is 0 Å². The molecule has 0 aromatic heterocycles. The van der Waals surface area contributed by atoms with Crippen molar-refractivity contribution in [1.82, 2.24) is 4.90 Å². The number of aliphatic imine (C=N–C) groups is 1. The summed E-state index contributed by atoms with van der Waals surface area (Å²) in [6.45, 7) is 3.47. The van der Waals surface area contributed by atoms with Crippen molar-refractivity contribution in [3.63, 3.8) is 0 Å². The molecule has 2 aromatic rings. The number of guanidine groups is 1. The maximum atomic E-state index is 6.08. The number of nitrogens with zero attached hydrogens (tertiary/aromatic N) is 2. The van der Waals surface area contributed by atoms with Crippen LogP contribution in [0.25, 0.3) is 0 Å². The number of nitrogens with two attached hydrogens (primary N) is 1. The molecule has 0 amide bonds. The van der Waals surface area contributed by atoms with E-state index in [-0.39, 0.29) is 24.0 Å². The predicted octanol–water partition coefficient (Wildman–Crippen LogP) is 3.24. The first-order valence-corrected chi connectivity index (χ1v) is 7.76. The number of benzene rings is 2. The summed E-state index contributed by atoms with van der Waals surface area (Å²) in [5.41, 5.74) is 7.09. The van der Waals surface area contributed by atoms with Crippen molar-refractivity contribution < 1.29 is 9.47 Å². The van der Waals surface area contributed by atoms with Crippen LogP contribution in [0.1, 0.15) is 5.56 Å². The van der Waals surface area contributed by atoms with Gasteiger partial charge in [-0.1, -0.05) is 36.4 Å². The lowest BCUT2D eigenvalue weighted by Gasteiger charge is -2.27. The van der Waals surface area contributed by atoms with E-state index < -0.39 is 0 Å². The minimum absolute atomic E-state index is 0. The van der Waals surface area contributed by atoms with Crippen LogP contribution < -0.4 is 10.5 Å². The first kappa shape index (κ1) is 18.5. The molecule has 1 fully saturated rings. The summed E-state index contributed by atoms with van der Waals surface area (Å²) < 4.78 is 11.3. The molecule has 2 N–H and O–H groups in total. The highest BCUT2D eigenvalue weighted by molar-refractivity contribution is 14.0. The van der Waals surface area contributed by atoms with Gasteiger partial charge >= 0.3 is 0 Å². The number of halogens is 1. The Hall–Kier alpha value is -1.80. The van der Waals surface area contributed by atoms with E-state index in [9.17, 15) is 0 Å². The van der Waals surface area contributed by atoms with Gasteiger partial charge in [0, 0.05) is 18.7 Å². The lowest BCUT2D eigenvalue weighted by Crippen LogP contribution is -2.44. The number of rotatable bonds is 4. The Morgan fingerprint density at radius 2 is 1.71 bits per heavy atom. The fraction of sp³-hybridized carbons (Fsp3) is 0.278. The zero-order valence-electron chi connectivity index (χ0n) is 13.4. The third-order valence-corrected chi connectivity index (χ3v) is 3.69. The van der Waals surface area contributed by atoms with E-state index in [1.807, 2.05) is 59.5 Å². The van der Waals surface area contributed by atoms with Gasteiger partial charge in [-0.15, -0.1) is 24.0 Å². The second-order valence-electron chi connectivity index (χ2n) is 5.30. The Balaban J connectivity index is 0.00000208. The van der Waals surface area contributed by atoms with Crippen LogP contribution in [0.5, 0.6) is 11.5 Å². The summed E-state index contributed by atoms with van der Waals surface area (Å²) in [6, 6.07) is 17.6. The summed E-state index contributed by atoms with van der Waals surface area (Å²) in [6.07, 6.45) is 0. The molecule has 0 spiro atoms. The smallest absolute Gasteiger partial charge is 0.191 e. The highest BCUT2D eigenvalue weighted by atomic mass is 127. The van der Waals surface area contributed by atoms with Crippen LogP contribution in [0, 0.1) is 0 Å². The number of para-hydroxylation sites is 2. The fourth-order valence-electron chi connectivity index (χ4n) is 2.41. The maximum Gasteiger partial charge on any atom is 0.191 e. The minimum Gasteiger partial charge on any atom is -0.457 e. The number of hydrogen-bond acceptors (Lipinski definition) is 3. The largest absolute Gasteiger partial charge is 0.457 e. The van der Waals surface area contributed by atoms with Crippen molar-refractivity contribution in [2.24, 2.45) is 10.7 Å². The van der Waals surface area contributed by atoms with E-state index in [0.29, 0.717) is 25.7 Å². The van der Waals surface area contributed by atoms with Gasteiger partial charge < -0.3 is 20.1 Å². The van der Waals surface area contributed by atoms with Crippen molar-refractivity contribution >= 4 is 29.9 Å². The van der Waals surface area contributed by atoms with Crippen molar-refractivity contribution in [2.75, 3.05) is 26.3 Å². The van der Waals surface area contributed by atoms with Crippen molar-refractivity contribution in [2.45, 2.75) is 6.54 Å². The first-order valence-electron chi connectivity index (χ1n) is 7.76. The van der Waals surface area contributed by atoms with Gasteiger partial charge in [-0.3, -0.25) is 0 Å². The molecule has 0 saturated carbocycles. The number of hydrogen-bond donors (Lipinski definition) is 1. The predicted molar refractivity (Wildman–Crippen MR) is 106 cm³/mol. The Bertz CT molecular complexity index is 658. The zero-order chi connectivity index (χ0) is 15.9. The van der Waals surface area contributed by atoms with Crippen LogP contribution in [0.3, 0.4) is 0 Å². The number of morpholine rings is 1. The molecule has 2 aromatic carbocycles. The number of ether oxygens (including phenoxy) is 2. The van der Waals surface area contributed by atoms with Gasteiger partial charge in [0.2, 0.25) is 0 Å². The van der Waals surface area contributed by atoms with E-state index >= 15 is 0 Å². The normalized spacial score (nSPS) is 14.8. The Kier molecular flexibility index (Phi) is 7.33. The molecule has 1 heterocycles. The van der Waals surface area contributed by atoms with E-state index in [0.717, 1.165) is 30.2 Å². The summed E-state index contributed by atoms with van der Waals surface area (Å²) in [5, 5.41) is 0. The summed E-state index contributed by atoms with van der Waals surface area (Å²) in [7, 11) is 0. The molecule has 5 nitrogen and oxygen atoms in total. The summed E-state index contributed by atoms with van der Waals surface area (Å²) in [5.74, 6) is 2.17. The SMILES string of the molecule is I.NC(=NCc1ccccc1Oc1ccccc1)N1CCOCC1. The second kappa shape index (κ2) is 9.48. The Morgan fingerprint density at radius 1 is 1.04 bits per heavy atom. The van der Waals surface area contributed by atoms with Crippen LogP contribution in [0.4, 0.5) is 0 Å².